The van der Waals surface area contributed by atoms with Gasteiger partial charge in [0.2, 0.25) is 12.7 Å². The normalized spacial score (nSPS) is 12.2. The van der Waals surface area contributed by atoms with Gasteiger partial charge in [0.1, 0.15) is 16.5 Å². The minimum atomic E-state index is -0.134. The number of aryl methyl sites for hydroxylation is 2. The average Bonchev–Trinajstić information content (AvgIpc) is 3.40. The Morgan fingerprint density at radius 3 is 2.76 bits per heavy atom. The lowest BCUT2D eigenvalue weighted by Crippen LogP contribution is -2.21. The van der Waals surface area contributed by atoms with Crippen molar-refractivity contribution in [3.05, 3.63) is 58.5 Å². The molecule has 0 saturated carbocycles. The summed E-state index contributed by atoms with van der Waals surface area (Å²) in [6, 6.07) is 11.9. The quantitative estimate of drug-likeness (QED) is 0.448. The van der Waals surface area contributed by atoms with Gasteiger partial charge in [-0.3, -0.25) is 9.78 Å². The molecule has 1 aliphatic heterocycles. The van der Waals surface area contributed by atoms with Gasteiger partial charge in [-0.1, -0.05) is 12.1 Å². The molecular weight excluding hydrogens is 438 g/mol. The van der Waals surface area contributed by atoms with Gasteiger partial charge in [-0.15, -0.1) is 11.3 Å². The summed E-state index contributed by atoms with van der Waals surface area (Å²) < 4.78 is 11.1. The van der Waals surface area contributed by atoms with Gasteiger partial charge in [-0.2, -0.15) is 0 Å². The van der Waals surface area contributed by atoms with Crippen LogP contribution < -0.4 is 20.1 Å². The van der Waals surface area contributed by atoms with E-state index in [2.05, 4.69) is 22.5 Å². The fourth-order valence-corrected chi connectivity index (χ4v) is 4.93. The summed E-state index contributed by atoms with van der Waals surface area (Å²) in [6.07, 6.45) is 0.111. The van der Waals surface area contributed by atoms with E-state index in [1.54, 1.807) is 18.4 Å². The smallest absolute Gasteiger partial charge is 0.231 e. The van der Waals surface area contributed by atoms with Gasteiger partial charge >= 0.3 is 0 Å². The Kier molecular flexibility index (Phi) is 5.55. The van der Waals surface area contributed by atoms with E-state index in [4.69, 9.17) is 19.4 Å². The first kappa shape index (κ1) is 21.1. The summed E-state index contributed by atoms with van der Waals surface area (Å²) in [6.45, 7) is 4.76. The number of thiophene rings is 1. The Bertz CT molecular complexity index is 1370. The first-order valence-electron chi connectivity index (χ1n) is 10.6. The highest BCUT2D eigenvalue weighted by atomic mass is 32.1. The highest BCUT2D eigenvalue weighted by Gasteiger charge is 2.22. The lowest BCUT2D eigenvalue weighted by atomic mass is 10.0. The van der Waals surface area contributed by atoms with Gasteiger partial charge in [0, 0.05) is 23.2 Å². The van der Waals surface area contributed by atoms with E-state index in [1.807, 2.05) is 43.3 Å². The Morgan fingerprint density at radius 2 is 1.94 bits per heavy atom. The van der Waals surface area contributed by atoms with E-state index < -0.39 is 0 Å². The van der Waals surface area contributed by atoms with Crippen molar-refractivity contribution >= 4 is 33.3 Å². The first-order valence-corrected chi connectivity index (χ1v) is 11.4. The van der Waals surface area contributed by atoms with Crippen molar-refractivity contribution < 1.29 is 14.3 Å². The van der Waals surface area contributed by atoms with Crippen LogP contribution in [0.1, 0.15) is 22.1 Å². The molecule has 4 aromatic rings. The molecule has 2 N–H and O–H groups in total. The predicted molar refractivity (Wildman–Crippen MR) is 128 cm³/mol. The standard InChI is InChI=1S/C24H23N5O3S/c1-13-5-4-6-16(27-13)11-26-23-22-21(15-7-8-17-18(9-15)32-12-31-17)14(2)33-24(22)29-19(28-23)10-20(30)25-3/h4-9H,10-12H2,1-3H3,(H,25,30)(H,26,28,29). The maximum atomic E-state index is 12.0. The lowest BCUT2D eigenvalue weighted by molar-refractivity contribution is -0.120. The number of fused-ring (bicyclic) bond motifs is 2. The van der Waals surface area contributed by atoms with E-state index in [0.717, 1.165) is 49.1 Å². The number of amides is 1. The summed E-state index contributed by atoms with van der Waals surface area (Å²) in [5.74, 6) is 2.48. The monoisotopic (exact) mass is 461 g/mol. The maximum absolute atomic E-state index is 12.0. The minimum Gasteiger partial charge on any atom is -0.454 e. The fourth-order valence-electron chi connectivity index (χ4n) is 3.87. The third-order valence-electron chi connectivity index (χ3n) is 5.42. The molecule has 168 valence electrons. The number of rotatable bonds is 6. The number of benzene rings is 1. The summed E-state index contributed by atoms with van der Waals surface area (Å²) in [5.41, 5.74) is 3.91. The maximum Gasteiger partial charge on any atom is 0.231 e. The first-order chi connectivity index (χ1) is 16.0. The topological polar surface area (TPSA) is 98.3 Å². The number of anilines is 1. The number of carbonyl (C=O) groups excluding carboxylic acids is 1. The molecule has 0 unspecified atom stereocenters. The molecular formula is C24H23N5O3S. The van der Waals surface area contributed by atoms with Crippen molar-refractivity contribution in [2.75, 3.05) is 19.2 Å². The van der Waals surface area contributed by atoms with Gasteiger partial charge in [-0.05, 0) is 43.7 Å². The van der Waals surface area contributed by atoms with Crippen LogP contribution in [-0.4, -0.2) is 34.7 Å². The molecule has 0 radical (unpaired) electrons. The van der Waals surface area contributed by atoms with Gasteiger partial charge in [0.15, 0.2) is 11.5 Å². The highest BCUT2D eigenvalue weighted by molar-refractivity contribution is 7.19. The summed E-state index contributed by atoms with van der Waals surface area (Å²) in [4.78, 5) is 28.0. The number of nitrogens with one attached hydrogen (secondary N) is 2. The predicted octanol–water partition coefficient (Wildman–Crippen LogP) is 4.00. The Labute approximate surface area is 195 Å². The molecule has 33 heavy (non-hydrogen) atoms. The molecule has 1 aliphatic rings. The second-order valence-electron chi connectivity index (χ2n) is 7.74. The number of hydrogen-bond acceptors (Lipinski definition) is 8. The second kappa shape index (κ2) is 8.67. The van der Waals surface area contributed by atoms with Crippen LogP contribution in [0.2, 0.25) is 0 Å². The van der Waals surface area contributed by atoms with Crippen molar-refractivity contribution in [1.29, 1.82) is 0 Å². The van der Waals surface area contributed by atoms with E-state index in [-0.39, 0.29) is 19.1 Å². The van der Waals surface area contributed by atoms with Crippen LogP contribution in [0.15, 0.2) is 36.4 Å². The van der Waals surface area contributed by atoms with E-state index in [9.17, 15) is 4.79 Å². The Balaban J connectivity index is 1.61. The zero-order valence-electron chi connectivity index (χ0n) is 18.6. The molecule has 1 aromatic carbocycles. The van der Waals surface area contributed by atoms with Gasteiger partial charge < -0.3 is 20.1 Å². The van der Waals surface area contributed by atoms with Crippen molar-refractivity contribution in [3.8, 4) is 22.6 Å². The van der Waals surface area contributed by atoms with Crippen LogP contribution >= 0.6 is 11.3 Å². The van der Waals surface area contributed by atoms with Crippen LogP contribution in [-0.2, 0) is 17.8 Å². The zero-order chi connectivity index (χ0) is 22.9. The molecule has 0 fully saturated rings. The number of aromatic nitrogens is 3. The van der Waals surface area contributed by atoms with Crippen LogP contribution in [0.5, 0.6) is 11.5 Å². The van der Waals surface area contributed by atoms with Crippen LogP contribution in [0.4, 0.5) is 5.82 Å². The summed E-state index contributed by atoms with van der Waals surface area (Å²) >= 11 is 1.58. The summed E-state index contributed by atoms with van der Waals surface area (Å²) in [7, 11) is 1.61. The highest BCUT2D eigenvalue weighted by Crippen LogP contribution is 2.44. The van der Waals surface area contributed by atoms with Crippen LogP contribution in [0.25, 0.3) is 21.3 Å². The Hall–Kier alpha value is -3.72. The molecule has 0 aliphatic carbocycles. The largest absolute Gasteiger partial charge is 0.454 e. The van der Waals surface area contributed by atoms with Crippen molar-refractivity contribution in [1.82, 2.24) is 20.3 Å². The molecule has 4 heterocycles. The molecule has 5 rings (SSSR count). The molecule has 1 amide bonds. The van der Waals surface area contributed by atoms with E-state index >= 15 is 0 Å². The Morgan fingerprint density at radius 1 is 1.09 bits per heavy atom. The number of ether oxygens (including phenoxy) is 2. The van der Waals surface area contributed by atoms with Gasteiger partial charge in [0.05, 0.1) is 24.0 Å². The molecule has 8 nitrogen and oxygen atoms in total. The van der Waals surface area contributed by atoms with Crippen molar-refractivity contribution in [3.63, 3.8) is 0 Å². The third-order valence-corrected chi connectivity index (χ3v) is 6.41. The molecule has 0 atom stereocenters. The van der Waals surface area contributed by atoms with Crippen molar-refractivity contribution in [2.24, 2.45) is 0 Å². The molecule has 0 bridgehead atoms. The van der Waals surface area contributed by atoms with Crippen molar-refractivity contribution in [2.45, 2.75) is 26.8 Å². The van der Waals surface area contributed by atoms with Gasteiger partial charge in [0.25, 0.3) is 0 Å². The van der Waals surface area contributed by atoms with E-state index in [0.29, 0.717) is 18.2 Å². The summed E-state index contributed by atoms with van der Waals surface area (Å²) in [5, 5.41) is 7.00. The third kappa shape index (κ3) is 4.19. The molecule has 0 spiro atoms. The number of carbonyl (C=O) groups is 1. The van der Waals surface area contributed by atoms with Gasteiger partial charge in [-0.25, -0.2) is 9.97 Å². The van der Waals surface area contributed by atoms with Crippen LogP contribution in [0, 0.1) is 13.8 Å². The SMILES string of the molecule is CNC(=O)Cc1nc(NCc2cccc(C)n2)c2c(-c3ccc4c(c3)OCO4)c(C)sc2n1. The average molecular weight is 462 g/mol. The second-order valence-corrected chi connectivity index (χ2v) is 8.95. The molecule has 0 saturated heterocycles. The number of pyridine rings is 1. The molecule has 3 aromatic heterocycles. The number of hydrogen-bond donors (Lipinski definition) is 2. The number of likely N-dealkylation sites (N-methyl/N-ethyl adjacent to an activating group) is 1. The van der Waals surface area contributed by atoms with Crippen LogP contribution in [0.3, 0.4) is 0 Å². The van der Waals surface area contributed by atoms with E-state index in [1.165, 1.54) is 0 Å². The molecule has 9 heteroatoms. The number of nitrogens with zero attached hydrogens (tertiary/aromatic N) is 3. The lowest BCUT2D eigenvalue weighted by Gasteiger charge is -2.11. The zero-order valence-corrected chi connectivity index (χ0v) is 19.4. The minimum absolute atomic E-state index is 0.111. The fraction of sp³-hybridized carbons (Fsp3) is 0.250.